The highest BCUT2D eigenvalue weighted by atomic mass is 16.4. The van der Waals surface area contributed by atoms with Gasteiger partial charge in [-0.1, -0.05) is 6.92 Å². The maximum Gasteiger partial charge on any atom is 0.306 e. The molecule has 20 heavy (non-hydrogen) atoms. The van der Waals surface area contributed by atoms with Gasteiger partial charge in [-0.15, -0.1) is 0 Å². The fourth-order valence-electron chi connectivity index (χ4n) is 3.51. The first kappa shape index (κ1) is 15.3. The van der Waals surface area contributed by atoms with Gasteiger partial charge in [-0.05, 0) is 51.6 Å². The van der Waals surface area contributed by atoms with Gasteiger partial charge < -0.3 is 10.4 Å². The zero-order valence-corrected chi connectivity index (χ0v) is 12.3. The Kier molecular flexibility index (Phi) is 5.40. The number of nitrogens with one attached hydrogen (secondary N) is 1. The summed E-state index contributed by atoms with van der Waals surface area (Å²) >= 11 is 0. The number of carboxylic acid groups (broad SMARTS) is 1. The number of hydrogen-bond acceptors (Lipinski definition) is 3. The van der Waals surface area contributed by atoms with E-state index in [9.17, 15) is 9.59 Å². The van der Waals surface area contributed by atoms with Crippen molar-refractivity contribution < 1.29 is 14.7 Å². The second kappa shape index (κ2) is 7.07. The van der Waals surface area contributed by atoms with Gasteiger partial charge in [0.1, 0.15) is 0 Å². The molecule has 0 aromatic rings. The topological polar surface area (TPSA) is 69.6 Å². The third-order valence-corrected chi connectivity index (χ3v) is 4.86. The number of nitrogens with zero attached hydrogens (tertiary/aromatic N) is 1. The van der Waals surface area contributed by atoms with E-state index in [0.29, 0.717) is 31.7 Å². The first-order chi connectivity index (χ1) is 9.61. The summed E-state index contributed by atoms with van der Waals surface area (Å²) in [5, 5.41) is 12.0. The Hall–Kier alpha value is -1.10. The van der Waals surface area contributed by atoms with Crippen molar-refractivity contribution in [2.75, 3.05) is 19.6 Å². The monoisotopic (exact) mass is 282 g/mol. The van der Waals surface area contributed by atoms with Gasteiger partial charge in [0.05, 0.1) is 5.92 Å². The van der Waals surface area contributed by atoms with Crippen LogP contribution in [0.25, 0.3) is 0 Å². The normalized spacial score (nSPS) is 31.1. The average molecular weight is 282 g/mol. The number of rotatable bonds is 5. The van der Waals surface area contributed by atoms with Crippen LogP contribution in [0.3, 0.4) is 0 Å². The molecule has 1 saturated heterocycles. The lowest BCUT2D eigenvalue weighted by molar-refractivity contribution is -0.144. The van der Waals surface area contributed by atoms with Gasteiger partial charge in [0.25, 0.3) is 0 Å². The molecular formula is C15H26N2O3. The maximum atomic E-state index is 12.1. The zero-order chi connectivity index (χ0) is 14.5. The largest absolute Gasteiger partial charge is 0.481 e. The summed E-state index contributed by atoms with van der Waals surface area (Å²) < 4.78 is 0. The molecule has 1 aliphatic heterocycles. The molecule has 0 spiro atoms. The summed E-state index contributed by atoms with van der Waals surface area (Å²) in [6.45, 7) is 5.09. The highest BCUT2D eigenvalue weighted by molar-refractivity contribution is 5.79. The fourth-order valence-corrected chi connectivity index (χ4v) is 3.51. The maximum absolute atomic E-state index is 12.1. The molecule has 0 aromatic heterocycles. The van der Waals surface area contributed by atoms with Crippen LogP contribution in [0.15, 0.2) is 0 Å². The molecule has 2 N–H and O–H groups in total. The lowest BCUT2D eigenvalue weighted by Crippen LogP contribution is -2.42. The molecule has 1 amide bonds. The Morgan fingerprint density at radius 3 is 2.40 bits per heavy atom. The number of likely N-dealkylation sites (N-methyl/N-ethyl adjacent to an activating group) is 1. The molecule has 1 heterocycles. The predicted octanol–water partition coefficient (Wildman–Crippen LogP) is 1.48. The van der Waals surface area contributed by atoms with Crippen LogP contribution in [0, 0.1) is 11.8 Å². The highest BCUT2D eigenvalue weighted by Crippen LogP contribution is 2.29. The lowest BCUT2D eigenvalue weighted by Gasteiger charge is -2.27. The van der Waals surface area contributed by atoms with E-state index in [-0.39, 0.29) is 17.7 Å². The molecule has 0 radical (unpaired) electrons. The van der Waals surface area contributed by atoms with E-state index in [4.69, 9.17) is 5.11 Å². The summed E-state index contributed by atoms with van der Waals surface area (Å²) in [7, 11) is 0. The van der Waals surface area contributed by atoms with Gasteiger partial charge >= 0.3 is 5.97 Å². The van der Waals surface area contributed by atoms with Crippen molar-refractivity contribution in [3.05, 3.63) is 0 Å². The van der Waals surface area contributed by atoms with E-state index >= 15 is 0 Å². The van der Waals surface area contributed by atoms with Crippen LogP contribution >= 0.6 is 0 Å². The molecular weight excluding hydrogens is 256 g/mol. The summed E-state index contributed by atoms with van der Waals surface area (Å²) in [4.78, 5) is 25.5. The molecule has 0 aromatic carbocycles. The molecule has 0 bridgehead atoms. The molecule has 2 fully saturated rings. The van der Waals surface area contributed by atoms with Crippen molar-refractivity contribution >= 4 is 11.9 Å². The number of carbonyl (C=O) groups excluding carboxylic acids is 1. The third-order valence-electron chi connectivity index (χ3n) is 4.86. The van der Waals surface area contributed by atoms with Gasteiger partial charge in [0.15, 0.2) is 0 Å². The summed E-state index contributed by atoms with van der Waals surface area (Å²) in [5.41, 5.74) is 0. The van der Waals surface area contributed by atoms with Crippen molar-refractivity contribution in [3.8, 4) is 0 Å². The van der Waals surface area contributed by atoms with E-state index in [1.807, 2.05) is 0 Å². The Bertz CT molecular complexity index is 351. The zero-order valence-electron chi connectivity index (χ0n) is 12.3. The van der Waals surface area contributed by atoms with Crippen LogP contribution in [0.4, 0.5) is 0 Å². The standard InChI is InChI=1S/C15H26N2O3/c1-2-17-9-3-4-13(17)10-16-14(18)11-5-7-12(8-6-11)15(19)20/h11-13H,2-10H2,1H3,(H,16,18)(H,19,20). The van der Waals surface area contributed by atoms with Gasteiger partial charge in [-0.25, -0.2) is 0 Å². The Labute approximate surface area is 120 Å². The van der Waals surface area contributed by atoms with Gasteiger partial charge in [0, 0.05) is 18.5 Å². The number of carbonyl (C=O) groups is 2. The molecule has 1 unspecified atom stereocenters. The predicted molar refractivity (Wildman–Crippen MR) is 76.4 cm³/mol. The Balaban J connectivity index is 1.72. The van der Waals surface area contributed by atoms with E-state index in [1.54, 1.807) is 0 Å². The number of carboxylic acids is 1. The quantitative estimate of drug-likeness (QED) is 0.801. The lowest BCUT2D eigenvalue weighted by atomic mass is 9.81. The molecule has 2 rings (SSSR count). The summed E-state index contributed by atoms with van der Waals surface area (Å²) in [6, 6.07) is 0.485. The van der Waals surface area contributed by atoms with Gasteiger partial charge in [-0.3, -0.25) is 14.5 Å². The number of amides is 1. The van der Waals surface area contributed by atoms with E-state index < -0.39 is 5.97 Å². The number of aliphatic carboxylic acids is 1. The first-order valence-electron chi connectivity index (χ1n) is 7.86. The SMILES string of the molecule is CCN1CCCC1CNC(=O)C1CCC(C(=O)O)CC1. The van der Waals surface area contributed by atoms with Crippen molar-refractivity contribution in [2.45, 2.75) is 51.5 Å². The van der Waals surface area contributed by atoms with Crippen molar-refractivity contribution in [3.63, 3.8) is 0 Å². The molecule has 2 aliphatic rings. The van der Waals surface area contributed by atoms with E-state index in [1.165, 1.54) is 12.8 Å². The van der Waals surface area contributed by atoms with Gasteiger partial charge in [-0.2, -0.15) is 0 Å². The van der Waals surface area contributed by atoms with Crippen LogP contribution < -0.4 is 5.32 Å². The van der Waals surface area contributed by atoms with Crippen LogP contribution in [-0.2, 0) is 9.59 Å². The van der Waals surface area contributed by atoms with Crippen molar-refractivity contribution in [2.24, 2.45) is 11.8 Å². The molecule has 1 aliphatic carbocycles. The van der Waals surface area contributed by atoms with Crippen LogP contribution in [0.2, 0.25) is 0 Å². The molecule has 5 heteroatoms. The Morgan fingerprint density at radius 2 is 1.80 bits per heavy atom. The number of likely N-dealkylation sites (tertiary alicyclic amines) is 1. The van der Waals surface area contributed by atoms with E-state index in [0.717, 1.165) is 19.6 Å². The second-order valence-electron chi connectivity index (χ2n) is 6.06. The summed E-state index contributed by atoms with van der Waals surface area (Å²) in [5.74, 6) is -0.822. The van der Waals surface area contributed by atoms with Gasteiger partial charge in [0.2, 0.25) is 5.91 Å². The molecule has 1 atom stereocenters. The second-order valence-corrected chi connectivity index (χ2v) is 6.06. The average Bonchev–Trinajstić information content (AvgIpc) is 2.92. The minimum atomic E-state index is -0.714. The molecule has 114 valence electrons. The minimum Gasteiger partial charge on any atom is -0.481 e. The smallest absolute Gasteiger partial charge is 0.306 e. The van der Waals surface area contributed by atoms with Crippen LogP contribution in [-0.4, -0.2) is 47.6 Å². The van der Waals surface area contributed by atoms with Crippen LogP contribution in [0.1, 0.15) is 45.4 Å². The highest BCUT2D eigenvalue weighted by Gasteiger charge is 2.30. The van der Waals surface area contributed by atoms with Crippen LogP contribution in [0.5, 0.6) is 0 Å². The Morgan fingerprint density at radius 1 is 1.15 bits per heavy atom. The summed E-state index contributed by atoms with van der Waals surface area (Å²) in [6.07, 6.45) is 5.09. The molecule has 5 nitrogen and oxygen atoms in total. The van der Waals surface area contributed by atoms with E-state index in [2.05, 4.69) is 17.1 Å². The van der Waals surface area contributed by atoms with Crippen molar-refractivity contribution in [1.82, 2.24) is 10.2 Å². The van der Waals surface area contributed by atoms with Crippen molar-refractivity contribution in [1.29, 1.82) is 0 Å². The number of hydrogen-bond donors (Lipinski definition) is 2. The molecule has 1 saturated carbocycles. The minimum absolute atomic E-state index is 0.0158. The fraction of sp³-hybridized carbons (Fsp3) is 0.867. The first-order valence-corrected chi connectivity index (χ1v) is 7.86. The third kappa shape index (κ3) is 3.72.